The highest BCUT2D eigenvalue weighted by atomic mass is 16.5. The summed E-state index contributed by atoms with van der Waals surface area (Å²) in [6, 6.07) is 15.8. The summed E-state index contributed by atoms with van der Waals surface area (Å²) in [5.41, 5.74) is 17.8. The Hall–Kier alpha value is -4.44. The standard InChI is InChI=1S/C26H26N8O2/c1-35-18-4-2-3-15(9-18)17-11-22(29-13-17)23-14-34(7-8-36-23)24-12-20(30-26(28)31-24)16-5-6-19-21(10-16)32-33-25(19)27/h2-6,9-10,12-13,23H,7-8,11,14H2,1H3,(H3,27,32,33)(H2,28,30,31). The van der Waals surface area contributed by atoms with E-state index in [4.69, 9.17) is 25.9 Å². The minimum absolute atomic E-state index is 0.137. The zero-order chi connectivity index (χ0) is 24.6. The highest BCUT2D eigenvalue weighted by Gasteiger charge is 2.28. The number of allylic oxidation sites excluding steroid dienone is 1. The van der Waals surface area contributed by atoms with E-state index in [0.29, 0.717) is 25.5 Å². The third-order valence-electron chi connectivity index (χ3n) is 6.58. The second-order valence-corrected chi connectivity index (χ2v) is 8.83. The Kier molecular flexibility index (Phi) is 5.49. The molecule has 0 amide bonds. The van der Waals surface area contributed by atoms with Crippen molar-refractivity contribution in [1.82, 2.24) is 20.2 Å². The molecule has 2 aliphatic heterocycles. The maximum Gasteiger partial charge on any atom is 0.222 e. The van der Waals surface area contributed by atoms with Gasteiger partial charge in [-0.15, -0.1) is 0 Å². The summed E-state index contributed by atoms with van der Waals surface area (Å²) < 4.78 is 11.5. The van der Waals surface area contributed by atoms with Crippen molar-refractivity contribution >= 4 is 39.8 Å². The molecule has 182 valence electrons. The van der Waals surface area contributed by atoms with E-state index in [2.05, 4.69) is 31.1 Å². The average molecular weight is 483 g/mol. The van der Waals surface area contributed by atoms with Crippen LogP contribution in [0.1, 0.15) is 12.0 Å². The molecule has 0 spiro atoms. The van der Waals surface area contributed by atoms with E-state index >= 15 is 0 Å². The molecule has 2 aromatic heterocycles. The Bertz CT molecular complexity index is 1510. The molecule has 6 rings (SSSR count). The van der Waals surface area contributed by atoms with Gasteiger partial charge in [-0.05, 0) is 35.4 Å². The number of anilines is 3. The fourth-order valence-electron chi connectivity index (χ4n) is 4.67. The molecule has 10 heteroatoms. The molecule has 10 nitrogen and oxygen atoms in total. The van der Waals surface area contributed by atoms with Gasteiger partial charge < -0.3 is 25.8 Å². The summed E-state index contributed by atoms with van der Waals surface area (Å²) in [5.74, 6) is 2.27. The van der Waals surface area contributed by atoms with Crippen LogP contribution in [0.2, 0.25) is 0 Å². The number of methoxy groups -OCH3 is 1. The van der Waals surface area contributed by atoms with E-state index in [-0.39, 0.29) is 12.1 Å². The van der Waals surface area contributed by atoms with Crippen molar-refractivity contribution < 1.29 is 9.47 Å². The number of nitrogen functional groups attached to an aromatic ring is 2. The summed E-state index contributed by atoms with van der Waals surface area (Å²) in [5, 5.41) is 7.89. The van der Waals surface area contributed by atoms with Crippen LogP contribution in [0.15, 0.2) is 59.7 Å². The van der Waals surface area contributed by atoms with Crippen molar-refractivity contribution in [3.8, 4) is 17.0 Å². The van der Waals surface area contributed by atoms with Crippen molar-refractivity contribution in [2.24, 2.45) is 4.99 Å². The predicted molar refractivity (Wildman–Crippen MR) is 141 cm³/mol. The number of aromatic nitrogens is 4. The molecule has 1 fully saturated rings. The van der Waals surface area contributed by atoms with E-state index in [1.807, 2.05) is 48.7 Å². The number of hydrogen-bond acceptors (Lipinski definition) is 9. The third-order valence-corrected chi connectivity index (χ3v) is 6.58. The first-order valence-electron chi connectivity index (χ1n) is 11.7. The third kappa shape index (κ3) is 4.11. The number of nitrogens with two attached hydrogens (primary N) is 2. The molecule has 1 saturated heterocycles. The first kappa shape index (κ1) is 22.1. The maximum absolute atomic E-state index is 6.12. The minimum atomic E-state index is -0.137. The van der Waals surface area contributed by atoms with Gasteiger partial charge >= 0.3 is 0 Å². The van der Waals surface area contributed by atoms with Crippen molar-refractivity contribution in [3.63, 3.8) is 0 Å². The second-order valence-electron chi connectivity index (χ2n) is 8.83. The normalized spacial score (nSPS) is 17.8. The van der Waals surface area contributed by atoms with Gasteiger partial charge in [0.1, 0.15) is 17.7 Å². The number of morpholine rings is 1. The first-order valence-corrected chi connectivity index (χ1v) is 11.7. The van der Waals surface area contributed by atoms with Crippen LogP contribution in [0.4, 0.5) is 17.6 Å². The van der Waals surface area contributed by atoms with Crippen LogP contribution in [0.5, 0.6) is 5.75 Å². The molecule has 1 unspecified atom stereocenters. The van der Waals surface area contributed by atoms with Crippen molar-refractivity contribution in [2.45, 2.75) is 12.5 Å². The van der Waals surface area contributed by atoms with Gasteiger partial charge in [0.2, 0.25) is 5.95 Å². The molecule has 0 bridgehead atoms. The second kappa shape index (κ2) is 8.97. The molecule has 5 N–H and O–H groups in total. The van der Waals surface area contributed by atoms with Crippen LogP contribution in [-0.4, -0.2) is 58.8 Å². The fraction of sp³-hybridized carbons (Fsp3) is 0.231. The molecule has 0 radical (unpaired) electrons. The Morgan fingerprint density at radius 2 is 2.00 bits per heavy atom. The number of aliphatic imine (C=N–C) groups is 1. The molecule has 2 aromatic carbocycles. The largest absolute Gasteiger partial charge is 0.497 e. The highest BCUT2D eigenvalue weighted by molar-refractivity contribution is 6.01. The number of benzene rings is 2. The van der Waals surface area contributed by atoms with Gasteiger partial charge in [-0.2, -0.15) is 10.1 Å². The Balaban J connectivity index is 1.20. The molecule has 0 aliphatic carbocycles. The number of H-pyrrole nitrogens is 1. The predicted octanol–water partition coefficient (Wildman–Crippen LogP) is 3.28. The van der Waals surface area contributed by atoms with E-state index in [1.165, 1.54) is 0 Å². The zero-order valence-electron chi connectivity index (χ0n) is 19.8. The average Bonchev–Trinajstić information content (AvgIpc) is 3.56. The lowest BCUT2D eigenvalue weighted by molar-refractivity contribution is 0.0829. The number of ether oxygens (including phenoxy) is 2. The Labute approximate surface area is 207 Å². The van der Waals surface area contributed by atoms with Crippen molar-refractivity contribution in [2.75, 3.05) is 43.2 Å². The molecule has 1 atom stereocenters. The number of fused-ring (bicyclic) bond motifs is 1. The lowest BCUT2D eigenvalue weighted by atomic mass is 10.00. The van der Waals surface area contributed by atoms with Crippen molar-refractivity contribution in [3.05, 3.63) is 60.3 Å². The van der Waals surface area contributed by atoms with E-state index in [9.17, 15) is 0 Å². The monoisotopic (exact) mass is 482 g/mol. The van der Waals surface area contributed by atoms with Gasteiger partial charge in [-0.25, -0.2) is 4.98 Å². The van der Waals surface area contributed by atoms with Crippen LogP contribution < -0.4 is 21.1 Å². The molecular formula is C26H26N8O2. The van der Waals surface area contributed by atoms with Crippen LogP contribution in [0.3, 0.4) is 0 Å². The quantitative estimate of drug-likeness (QED) is 0.394. The van der Waals surface area contributed by atoms with E-state index < -0.39 is 0 Å². The van der Waals surface area contributed by atoms with Crippen molar-refractivity contribution in [1.29, 1.82) is 0 Å². The highest BCUT2D eigenvalue weighted by Crippen LogP contribution is 2.31. The van der Waals surface area contributed by atoms with Gasteiger partial charge in [-0.1, -0.05) is 18.2 Å². The molecule has 0 saturated carbocycles. The Morgan fingerprint density at radius 1 is 1.08 bits per heavy atom. The molecular weight excluding hydrogens is 456 g/mol. The topological polar surface area (TPSA) is 141 Å². The Morgan fingerprint density at radius 3 is 2.89 bits per heavy atom. The van der Waals surface area contributed by atoms with Gasteiger partial charge in [0, 0.05) is 36.2 Å². The summed E-state index contributed by atoms with van der Waals surface area (Å²) in [4.78, 5) is 15.9. The smallest absolute Gasteiger partial charge is 0.222 e. The summed E-state index contributed by atoms with van der Waals surface area (Å²) in [6.07, 6.45) is 2.52. The van der Waals surface area contributed by atoms with Crippen LogP contribution in [-0.2, 0) is 4.74 Å². The van der Waals surface area contributed by atoms with E-state index in [1.54, 1.807) is 7.11 Å². The maximum atomic E-state index is 6.12. The minimum Gasteiger partial charge on any atom is -0.497 e. The number of nitrogens with zero attached hydrogens (tertiary/aromatic N) is 5. The molecule has 2 aliphatic rings. The van der Waals surface area contributed by atoms with Gasteiger partial charge in [0.25, 0.3) is 0 Å². The van der Waals surface area contributed by atoms with Crippen LogP contribution in [0.25, 0.3) is 27.7 Å². The number of nitrogens with one attached hydrogen (secondary N) is 1. The summed E-state index contributed by atoms with van der Waals surface area (Å²) in [7, 11) is 1.67. The van der Waals surface area contributed by atoms with Crippen LogP contribution >= 0.6 is 0 Å². The van der Waals surface area contributed by atoms with Crippen LogP contribution in [0, 0.1) is 0 Å². The van der Waals surface area contributed by atoms with Gasteiger partial charge in [0.15, 0.2) is 5.82 Å². The fourth-order valence-corrected chi connectivity index (χ4v) is 4.67. The van der Waals surface area contributed by atoms with Gasteiger partial charge in [-0.3, -0.25) is 10.1 Å². The van der Waals surface area contributed by atoms with E-state index in [0.717, 1.165) is 57.0 Å². The number of rotatable bonds is 5. The number of aromatic amines is 1. The molecule has 4 heterocycles. The zero-order valence-corrected chi connectivity index (χ0v) is 19.8. The lowest BCUT2D eigenvalue weighted by Crippen LogP contribution is -2.46. The SMILES string of the molecule is COc1cccc(C2=CN=C(C3CN(c4cc(-c5ccc6c(N)n[nH]c6c5)nc(N)n4)CCO3)C2)c1. The van der Waals surface area contributed by atoms with Gasteiger partial charge in [0.05, 0.1) is 37.2 Å². The summed E-state index contributed by atoms with van der Waals surface area (Å²) in [6.45, 7) is 1.90. The summed E-state index contributed by atoms with van der Waals surface area (Å²) >= 11 is 0. The number of hydrogen-bond donors (Lipinski definition) is 3. The first-order chi connectivity index (χ1) is 17.6. The molecule has 36 heavy (non-hydrogen) atoms. The molecule has 4 aromatic rings. The lowest BCUT2D eigenvalue weighted by Gasteiger charge is -2.34.